The predicted molar refractivity (Wildman–Crippen MR) is 108 cm³/mol. The van der Waals surface area contributed by atoms with Crippen LogP contribution in [0.3, 0.4) is 0 Å². The maximum absolute atomic E-state index is 12.1. The van der Waals surface area contributed by atoms with Crippen LogP contribution < -0.4 is 4.74 Å². The Labute approximate surface area is 167 Å². The van der Waals surface area contributed by atoms with Crippen molar-refractivity contribution in [1.82, 2.24) is 14.9 Å². The lowest BCUT2D eigenvalue weighted by Gasteiger charge is -2.43. The summed E-state index contributed by atoms with van der Waals surface area (Å²) in [5, 5.41) is 0. The summed E-state index contributed by atoms with van der Waals surface area (Å²) in [5.74, 6) is 1.74. The average Bonchev–Trinajstić information content (AvgIpc) is 3.12. The molecule has 2 aromatic rings. The number of carbonyl (C=O) groups is 1. The van der Waals surface area contributed by atoms with Gasteiger partial charge in [0.1, 0.15) is 17.2 Å². The summed E-state index contributed by atoms with van der Waals surface area (Å²) in [4.78, 5) is 23.0. The van der Waals surface area contributed by atoms with Gasteiger partial charge >= 0.3 is 0 Å². The molecule has 1 aromatic carbocycles. The minimum Gasteiger partial charge on any atom is -0.487 e. The largest absolute Gasteiger partial charge is 0.487 e. The summed E-state index contributed by atoms with van der Waals surface area (Å²) in [5.41, 5.74) is 1.83. The smallest absolute Gasteiger partial charge is 0.210 e. The van der Waals surface area contributed by atoms with Crippen molar-refractivity contribution >= 4 is 6.41 Å². The van der Waals surface area contributed by atoms with E-state index in [4.69, 9.17) is 4.74 Å². The number of carbonyl (C=O) groups excluding carboxylic acids is 1. The van der Waals surface area contributed by atoms with Crippen molar-refractivity contribution in [2.75, 3.05) is 0 Å². The van der Waals surface area contributed by atoms with Gasteiger partial charge in [-0.2, -0.15) is 0 Å². The molecule has 2 aliphatic rings. The highest BCUT2D eigenvalue weighted by Crippen LogP contribution is 2.48. The lowest BCUT2D eigenvalue weighted by molar-refractivity contribution is -0.123. The van der Waals surface area contributed by atoms with E-state index >= 15 is 0 Å². The molecule has 2 heterocycles. The fraction of sp³-hybridized carbons (Fsp3) is 0.522. The van der Waals surface area contributed by atoms with Crippen LogP contribution in [0.25, 0.3) is 0 Å². The third-order valence-electron chi connectivity index (χ3n) is 5.96. The van der Waals surface area contributed by atoms with E-state index in [1.165, 1.54) is 12.8 Å². The van der Waals surface area contributed by atoms with E-state index in [0.717, 1.165) is 48.4 Å². The summed E-state index contributed by atoms with van der Waals surface area (Å²) in [7, 11) is 0. The third kappa shape index (κ3) is 3.62. The zero-order valence-electron chi connectivity index (χ0n) is 17.0. The molecule has 0 N–H and O–H groups in total. The Hall–Kier alpha value is -2.43. The molecule has 1 saturated carbocycles. The molecule has 0 radical (unpaired) electrons. The molecule has 28 heavy (non-hydrogen) atoms. The van der Waals surface area contributed by atoms with Crippen LogP contribution >= 0.6 is 0 Å². The standard InChI is InChI=1S/C23H29N3O2/c1-22(2,3)21-24-13-17(14-25-21)15-26(16-27)19-12-23(10-6-7-11-23)28-20-9-5-4-8-18(19)20/h4-5,8-9,13-14,16,19H,6-7,10-12,15H2,1-3H3. The van der Waals surface area contributed by atoms with Crippen molar-refractivity contribution in [3.05, 3.63) is 53.6 Å². The number of nitrogens with zero attached hydrogens (tertiary/aromatic N) is 3. The number of para-hydroxylation sites is 1. The molecule has 5 heteroatoms. The number of rotatable bonds is 4. The van der Waals surface area contributed by atoms with Gasteiger partial charge in [0, 0.05) is 41.9 Å². The van der Waals surface area contributed by atoms with Gasteiger partial charge in [0.25, 0.3) is 0 Å². The molecule has 0 saturated heterocycles. The molecule has 1 fully saturated rings. The van der Waals surface area contributed by atoms with Crippen molar-refractivity contribution < 1.29 is 9.53 Å². The summed E-state index contributed by atoms with van der Waals surface area (Å²) in [6.07, 6.45) is 10.0. The lowest BCUT2D eigenvalue weighted by Crippen LogP contribution is -2.43. The van der Waals surface area contributed by atoms with Crippen LogP contribution in [0.15, 0.2) is 36.7 Å². The molecule has 1 atom stereocenters. The summed E-state index contributed by atoms with van der Waals surface area (Å²) in [6.45, 7) is 6.79. The first-order valence-corrected chi connectivity index (χ1v) is 10.2. The maximum atomic E-state index is 12.1. The van der Waals surface area contributed by atoms with Crippen LogP contribution in [0.5, 0.6) is 5.75 Å². The van der Waals surface area contributed by atoms with E-state index < -0.39 is 0 Å². The van der Waals surface area contributed by atoms with Crippen molar-refractivity contribution in [3.8, 4) is 5.75 Å². The van der Waals surface area contributed by atoms with Crippen LogP contribution in [-0.2, 0) is 16.8 Å². The molecule has 5 nitrogen and oxygen atoms in total. The second-order valence-corrected chi connectivity index (χ2v) is 9.19. The second-order valence-electron chi connectivity index (χ2n) is 9.19. The number of ether oxygens (including phenoxy) is 1. The van der Waals surface area contributed by atoms with Gasteiger partial charge in [-0.25, -0.2) is 9.97 Å². The van der Waals surface area contributed by atoms with Gasteiger partial charge in [-0.1, -0.05) is 39.0 Å². The Kier molecular flexibility index (Phi) is 4.86. The summed E-state index contributed by atoms with van der Waals surface area (Å²) < 4.78 is 6.44. The summed E-state index contributed by atoms with van der Waals surface area (Å²) in [6, 6.07) is 8.16. The van der Waals surface area contributed by atoms with Crippen LogP contribution in [0, 0.1) is 0 Å². The number of fused-ring (bicyclic) bond motifs is 1. The Morgan fingerprint density at radius 2 is 1.86 bits per heavy atom. The van der Waals surface area contributed by atoms with Crippen LogP contribution in [0.1, 0.15) is 75.9 Å². The van der Waals surface area contributed by atoms with Crippen LogP contribution in [0.4, 0.5) is 0 Å². The fourth-order valence-electron chi connectivity index (χ4n) is 4.46. The van der Waals surface area contributed by atoms with Gasteiger partial charge < -0.3 is 9.64 Å². The minimum absolute atomic E-state index is 0.0165. The zero-order chi connectivity index (χ0) is 19.8. The number of amides is 1. The highest BCUT2D eigenvalue weighted by Gasteiger charge is 2.44. The van der Waals surface area contributed by atoms with Crippen molar-refractivity contribution in [3.63, 3.8) is 0 Å². The Morgan fingerprint density at radius 1 is 1.18 bits per heavy atom. The molecule has 1 unspecified atom stereocenters. The van der Waals surface area contributed by atoms with Crippen LogP contribution in [0.2, 0.25) is 0 Å². The number of hydrogen-bond donors (Lipinski definition) is 0. The molecular formula is C23H29N3O2. The van der Waals surface area contributed by atoms with Gasteiger partial charge in [-0.3, -0.25) is 4.79 Å². The Balaban J connectivity index is 1.61. The molecule has 148 valence electrons. The van der Waals surface area contributed by atoms with Gasteiger partial charge in [-0.05, 0) is 31.7 Å². The van der Waals surface area contributed by atoms with E-state index in [2.05, 4.69) is 36.8 Å². The third-order valence-corrected chi connectivity index (χ3v) is 5.96. The van der Waals surface area contributed by atoms with Crippen molar-refractivity contribution in [1.29, 1.82) is 0 Å². The second kappa shape index (κ2) is 7.19. The normalized spacial score (nSPS) is 20.5. The Morgan fingerprint density at radius 3 is 2.50 bits per heavy atom. The van der Waals surface area contributed by atoms with E-state index in [9.17, 15) is 4.79 Å². The fourth-order valence-corrected chi connectivity index (χ4v) is 4.46. The SMILES string of the molecule is CC(C)(C)c1ncc(CN(C=O)C2CC3(CCCC3)Oc3ccccc32)cn1. The maximum Gasteiger partial charge on any atom is 0.210 e. The quantitative estimate of drug-likeness (QED) is 0.730. The van der Waals surface area contributed by atoms with Crippen LogP contribution in [-0.4, -0.2) is 26.9 Å². The molecule has 1 aliphatic carbocycles. The van der Waals surface area contributed by atoms with E-state index in [1.807, 2.05) is 35.5 Å². The van der Waals surface area contributed by atoms with E-state index in [-0.39, 0.29) is 17.1 Å². The van der Waals surface area contributed by atoms with Gasteiger partial charge in [0.05, 0.1) is 6.04 Å². The van der Waals surface area contributed by atoms with Gasteiger partial charge in [0.15, 0.2) is 0 Å². The molecule has 0 bridgehead atoms. The molecule has 1 aromatic heterocycles. The highest BCUT2D eigenvalue weighted by atomic mass is 16.5. The Bertz CT molecular complexity index is 836. The topological polar surface area (TPSA) is 55.3 Å². The van der Waals surface area contributed by atoms with Gasteiger partial charge in [-0.15, -0.1) is 0 Å². The number of hydrogen-bond acceptors (Lipinski definition) is 4. The van der Waals surface area contributed by atoms with Gasteiger partial charge in [0.2, 0.25) is 6.41 Å². The first kappa shape index (κ1) is 18.9. The molecule has 1 aliphatic heterocycles. The van der Waals surface area contributed by atoms with Crippen molar-refractivity contribution in [2.24, 2.45) is 0 Å². The van der Waals surface area contributed by atoms with E-state index in [1.54, 1.807) is 0 Å². The first-order chi connectivity index (χ1) is 13.4. The minimum atomic E-state index is -0.132. The number of aromatic nitrogens is 2. The molecule has 1 amide bonds. The highest BCUT2D eigenvalue weighted by molar-refractivity contribution is 5.51. The molecular weight excluding hydrogens is 350 g/mol. The number of benzene rings is 1. The summed E-state index contributed by atoms with van der Waals surface area (Å²) >= 11 is 0. The first-order valence-electron chi connectivity index (χ1n) is 10.2. The predicted octanol–water partition coefficient (Wildman–Crippen LogP) is 4.57. The van der Waals surface area contributed by atoms with Crippen molar-refractivity contribution in [2.45, 2.75) is 76.5 Å². The zero-order valence-corrected chi connectivity index (χ0v) is 17.0. The monoisotopic (exact) mass is 379 g/mol. The molecule has 1 spiro atoms. The lowest BCUT2D eigenvalue weighted by atomic mass is 9.85. The molecule has 4 rings (SSSR count). The average molecular weight is 380 g/mol. The van der Waals surface area contributed by atoms with E-state index in [0.29, 0.717) is 6.54 Å².